The van der Waals surface area contributed by atoms with Crippen molar-refractivity contribution in [3.8, 4) is 0 Å². The number of fused-ring (bicyclic) bond motifs is 1. The predicted molar refractivity (Wildman–Crippen MR) is 75.0 cm³/mol. The highest BCUT2D eigenvalue weighted by Crippen LogP contribution is 2.25. The number of benzene rings is 1. The van der Waals surface area contributed by atoms with Crippen LogP contribution in [0.1, 0.15) is 16.1 Å². The van der Waals surface area contributed by atoms with Crippen LogP contribution < -0.4 is 0 Å². The van der Waals surface area contributed by atoms with Crippen molar-refractivity contribution in [2.75, 3.05) is 0 Å². The Morgan fingerprint density at radius 1 is 1.35 bits per heavy atom. The molecule has 0 bridgehead atoms. The zero-order valence-corrected chi connectivity index (χ0v) is 11.1. The number of carboxylic acid groups (broad SMARTS) is 1. The third-order valence-electron chi connectivity index (χ3n) is 3.08. The monoisotopic (exact) mass is 287 g/mol. The van der Waals surface area contributed by atoms with Crippen molar-refractivity contribution in [1.29, 1.82) is 0 Å². The standard InChI is InChI=1S/C14H10ClN3O2/c15-11-3-1-2-9-4-5-18(13(9)11)7-12-10(14(19)20)6-16-8-17-12/h1-6,8H,7H2,(H,19,20). The Bertz CT molecular complexity index is 798. The summed E-state index contributed by atoms with van der Waals surface area (Å²) in [6, 6.07) is 7.57. The first-order valence-electron chi connectivity index (χ1n) is 5.92. The number of aromatic nitrogens is 3. The van der Waals surface area contributed by atoms with Crippen molar-refractivity contribution >= 4 is 28.5 Å². The molecule has 20 heavy (non-hydrogen) atoms. The summed E-state index contributed by atoms with van der Waals surface area (Å²) in [6.07, 6.45) is 4.51. The van der Waals surface area contributed by atoms with E-state index in [1.54, 1.807) is 6.07 Å². The molecule has 0 spiro atoms. The van der Waals surface area contributed by atoms with E-state index in [0.717, 1.165) is 10.9 Å². The molecule has 0 fully saturated rings. The molecule has 1 aromatic carbocycles. The molecular formula is C14H10ClN3O2. The molecule has 1 N–H and O–H groups in total. The van der Waals surface area contributed by atoms with E-state index in [-0.39, 0.29) is 5.56 Å². The van der Waals surface area contributed by atoms with Crippen LogP contribution in [0.15, 0.2) is 43.0 Å². The Morgan fingerprint density at radius 3 is 3.00 bits per heavy atom. The number of aromatic carboxylic acids is 1. The molecule has 5 nitrogen and oxygen atoms in total. The van der Waals surface area contributed by atoms with Gasteiger partial charge in [0.05, 0.1) is 22.8 Å². The highest BCUT2D eigenvalue weighted by atomic mass is 35.5. The van der Waals surface area contributed by atoms with E-state index in [1.165, 1.54) is 12.5 Å². The van der Waals surface area contributed by atoms with Crippen LogP contribution in [0.3, 0.4) is 0 Å². The summed E-state index contributed by atoms with van der Waals surface area (Å²) in [4.78, 5) is 19.0. The molecule has 2 aromatic heterocycles. The van der Waals surface area contributed by atoms with E-state index in [9.17, 15) is 4.79 Å². The molecule has 0 aliphatic heterocycles. The van der Waals surface area contributed by atoms with Gasteiger partial charge in [0.2, 0.25) is 0 Å². The van der Waals surface area contributed by atoms with Crippen LogP contribution >= 0.6 is 11.6 Å². The van der Waals surface area contributed by atoms with Gasteiger partial charge in [-0.2, -0.15) is 0 Å². The summed E-state index contributed by atoms with van der Waals surface area (Å²) in [6.45, 7) is 0.331. The van der Waals surface area contributed by atoms with Gasteiger partial charge >= 0.3 is 5.97 Å². The van der Waals surface area contributed by atoms with Crippen molar-refractivity contribution in [2.24, 2.45) is 0 Å². The zero-order chi connectivity index (χ0) is 14.1. The van der Waals surface area contributed by atoms with Crippen LogP contribution in [-0.2, 0) is 6.54 Å². The summed E-state index contributed by atoms with van der Waals surface area (Å²) in [5, 5.41) is 10.8. The molecule has 0 atom stereocenters. The van der Waals surface area contributed by atoms with Gasteiger partial charge in [-0.05, 0) is 12.1 Å². The largest absolute Gasteiger partial charge is 0.478 e. The molecule has 2 heterocycles. The second-order valence-corrected chi connectivity index (χ2v) is 4.72. The molecular weight excluding hydrogens is 278 g/mol. The number of hydrogen-bond acceptors (Lipinski definition) is 3. The minimum atomic E-state index is -1.04. The van der Waals surface area contributed by atoms with Gasteiger partial charge < -0.3 is 9.67 Å². The maximum absolute atomic E-state index is 11.2. The Kier molecular flexibility index (Phi) is 3.12. The topological polar surface area (TPSA) is 68.0 Å². The Hall–Kier alpha value is -2.40. The van der Waals surface area contributed by atoms with E-state index < -0.39 is 5.97 Å². The van der Waals surface area contributed by atoms with Gasteiger partial charge in [-0.25, -0.2) is 14.8 Å². The molecule has 0 radical (unpaired) electrons. The Morgan fingerprint density at radius 2 is 2.20 bits per heavy atom. The van der Waals surface area contributed by atoms with Crippen molar-refractivity contribution in [1.82, 2.24) is 14.5 Å². The fourth-order valence-electron chi connectivity index (χ4n) is 2.17. The van der Waals surface area contributed by atoms with Crippen molar-refractivity contribution < 1.29 is 9.90 Å². The number of rotatable bonds is 3. The summed E-state index contributed by atoms with van der Waals surface area (Å²) < 4.78 is 1.88. The third kappa shape index (κ3) is 2.12. The lowest BCUT2D eigenvalue weighted by molar-refractivity contribution is 0.0694. The number of nitrogens with zero attached hydrogens (tertiary/aromatic N) is 3. The van der Waals surface area contributed by atoms with Crippen LogP contribution in [0.25, 0.3) is 10.9 Å². The highest BCUT2D eigenvalue weighted by Gasteiger charge is 2.13. The first-order valence-corrected chi connectivity index (χ1v) is 6.30. The number of carboxylic acids is 1. The van der Waals surface area contributed by atoms with E-state index in [2.05, 4.69) is 9.97 Å². The second kappa shape index (κ2) is 4.94. The van der Waals surface area contributed by atoms with Crippen LogP contribution in [0.4, 0.5) is 0 Å². The lowest BCUT2D eigenvalue weighted by Crippen LogP contribution is -2.09. The predicted octanol–water partition coefficient (Wildman–Crippen LogP) is 2.83. The number of para-hydroxylation sites is 1. The average molecular weight is 288 g/mol. The number of halogens is 1. The van der Waals surface area contributed by atoms with Crippen LogP contribution in [0.5, 0.6) is 0 Å². The van der Waals surface area contributed by atoms with Gasteiger partial charge in [0.1, 0.15) is 11.9 Å². The van der Waals surface area contributed by atoms with Crippen LogP contribution in [0, 0.1) is 0 Å². The SMILES string of the molecule is O=C(O)c1cncnc1Cn1ccc2cccc(Cl)c21. The Labute approximate surface area is 119 Å². The molecule has 3 aromatic rings. The minimum absolute atomic E-state index is 0.0985. The maximum atomic E-state index is 11.2. The zero-order valence-electron chi connectivity index (χ0n) is 10.3. The molecule has 3 rings (SSSR count). The Balaban J connectivity index is 2.09. The average Bonchev–Trinajstić information content (AvgIpc) is 2.84. The van der Waals surface area contributed by atoms with Crippen LogP contribution in [-0.4, -0.2) is 25.6 Å². The summed E-state index contributed by atoms with van der Waals surface area (Å²) in [5.41, 5.74) is 1.41. The molecule has 0 unspecified atom stereocenters. The lowest BCUT2D eigenvalue weighted by Gasteiger charge is -2.08. The van der Waals surface area contributed by atoms with Gasteiger partial charge in [-0.3, -0.25) is 0 Å². The molecule has 0 saturated carbocycles. The molecule has 0 amide bonds. The van der Waals surface area contributed by atoms with Gasteiger partial charge in [-0.1, -0.05) is 23.7 Å². The second-order valence-electron chi connectivity index (χ2n) is 4.31. The van der Waals surface area contributed by atoms with Gasteiger partial charge in [-0.15, -0.1) is 0 Å². The highest BCUT2D eigenvalue weighted by molar-refractivity contribution is 6.35. The molecule has 100 valence electrons. The molecule has 0 saturated heterocycles. The first kappa shape index (κ1) is 12.6. The van der Waals surface area contributed by atoms with Crippen molar-refractivity contribution in [3.05, 3.63) is 59.3 Å². The number of hydrogen-bond donors (Lipinski definition) is 1. The first-order chi connectivity index (χ1) is 9.66. The van der Waals surface area contributed by atoms with E-state index in [4.69, 9.17) is 16.7 Å². The molecule has 0 aliphatic carbocycles. The van der Waals surface area contributed by atoms with Gasteiger partial charge in [0, 0.05) is 17.8 Å². The van der Waals surface area contributed by atoms with E-state index in [0.29, 0.717) is 17.3 Å². The van der Waals surface area contributed by atoms with Gasteiger partial charge in [0.25, 0.3) is 0 Å². The minimum Gasteiger partial charge on any atom is -0.478 e. The van der Waals surface area contributed by atoms with E-state index in [1.807, 2.05) is 29.0 Å². The lowest BCUT2D eigenvalue weighted by atomic mass is 10.2. The fourth-order valence-corrected chi connectivity index (χ4v) is 2.46. The van der Waals surface area contributed by atoms with Crippen molar-refractivity contribution in [3.63, 3.8) is 0 Å². The smallest absolute Gasteiger partial charge is 0.339 e. The molecule has 0 aliphatic rings. The fraction of sp³-hybridized carbons (Fsp3) is 0.0714. The van der Waals surface area contributed by atoms with Crippen molar-refractivity contribution in [2.45, 2.75) is 6.54 Å². The quantitative estimate of drug-likeness (QED) is 0.804. The third-order valence-corrected chi connectivity index (χ3v) is 3.39. The maximum Gasteiger partial charge on any atom is 0.339 e. The normalized spacial score (nSPS) is 10.8. The van der Waals surface area contributed by atoms with Crippen LogP contribution in [0.2, 0.25) is 5.02 Å². The van der Waals surface area contributed by atoms with E-state index >= 15 is 0 Å². The van der Waals surface area contributed by atoms with Gasteiger partial charge in [0.15, 0.2) is 0 Å². The summed E-state index contributed by atoms with van der Waals surface area (Å²) in [5.74, 6) is -1.04. The molecule has 6 heteroatoms. The summed E-state index contributed by atoms with van der Waals surface area (Å²) in [7, 11) is 0. The number of carbonyl (C=O) groups is 1. The summed E-state index contributed by atoms with van der Waals surface area (Å²) >= 11 is 6.20.